The molecular formula is C15H19ClFN3O4. The van der Waals surface area contributed by atoms with Crippen molar-refractivity contribution in [1.82, 2.24) is 4.90 Å². The molecule has 0 N–H and O–H groups in total. The molecule has 0 aromatic heterocycles. The molecule has 0 saturated carbocycles. The number of halogens is 2. The number of nitro benzene ring substituents is 1. The Morgan fingerprint density at radius 3 is 2.38 bits per heavy atom. The van der Waals surface area contributed by atoms with Crippen LogP contribution >= 0.6 is 11.6 Å². The van der Waals surface area contributed by atoms with Gasteiger partial charge >= 0.3 is 6.09 Å². The van der Waals surface area contributed by atoms with E-state index in [0.29, 0.717) is 26.2 Å². The number of hydrogen-bond donors (Lipinski definition) is 0. The number of hydrogen-bond acceptors (Lipinski definition) is 5. The summed E-state index contributed by atoms with van der Waals surface area (Å²) in [7, 11) is 0. The molecule has 0 unspecified atom stereocenters. The van der Waals surface area contributed by atoms with Gasteiger partial charge in [-0.3, -0.25) is 10.1 Å². The lowest BCUT2D eigenvalue weighted by molar-refractivity contribution is -0.384. The van der Waals surface area contributed by atoms with Gasteiger partial charge in [0.25, 0.3) is 5.69 Å². The maximum absolute atomic E-state index is 14.1. The summed E-state index contributed by atoms with van der Waals surface area (Å²) < 4.78 is 19.4. The maximum atomic E-state index is 14.1. The van der Waals surface area contributed by atoms with E-state index in [1.54, 1.807) is 30.6 Å². The van der Waals surface area contributed by atoms with Crippen LogP contribution in [-0.2, 0) is 4.74 Å². The second-order valence-corrected chi connectivity index (χ2v) is 6.87. The first-order chi connectivity index (χ1) is 11.1. The molecule has 1 heterocycles. The van der Waals surface area contributed by atoms with Crippen LogP contribution in [0, 0.1) is 15.9 Å². The topological polar surface area (TPSA) is 75.9 Å². The molecule has 1 aliphatic heterocycles. The van der Waals surface area contributed by atoms with E-state index in [0.717, 1.165) is 6.07 Å². The summed E-state index contributed by atoms with van der Waals surface area (Å²) in [4.78, 5) is 25.3. The first-order valence-corrected chi connectivity index (χ1v) is 7.82. The summed E-state index contributed by atoms with van der Waals surface area (Å²) in [5.41, 5.74) is -0.855. The first-order valence-electron chi connectivity index (χ1n) is 7.45. The molecule has 0 radical (unpaired) electrons. The molecule has 1 aromatic rings. The van der Waals surface area contributed by atoms with E-state index in [-0.39, 0.29) is 10.7 Å². The third-order valence-corrected chi connectivity index (χ3v) is 3.79. The molecule has 0 atom stereocenters. The van der Waals surface area contributed by atoms with Gasteiger partial charge in [-0.05, 0) is 26.8 Å². The van der Waals surface area contributed by atoms with Gasteiger partial charge in [0, 0.05) is 26.2 Å². The highest BCUT2D eigenvalue weighted by atomic mass is 35.5. The Balaban J connectivity index is 2.06. The van der Waals surface area contributed by atoms with Crippen LogP contribution in [-0.4, -0.2) is 47.7 Å². The molecule has 7 nitrogen and oxygen atoms in total. The van der Waals surface area contributed by atoms with Gasteiger partial charge in [0.2, 0.25) is 0 Å². The largest absolute Gasteiger partial charge is 0.444 e. The fraction of sp³-hybridized carbons (Fsp3) is 0.533. The normalized spacial score (nSPS) is 15.4. The lowest BCUT2D eigenvalue weighted by Gasteiger charge is -2.36. The Bertz CT molecular complexity index is 655. The monoisotopic (exact) mass is 359 g/mol. The zero-order valence-corrected chi connectivity index (χ0v) is 14.5. The molecule has 9 heteroatoms. The van der Waals surface area contributed by atoms with Gasteiger partial charge in [0.15, 0.2) is 5.82 Å². The Morgan fingerprint density at radius 1 is 1.29 bits per heavy atom. The quantitative estimate of drug-likeness (QED) is 0.597. The van der Waals surface area contributed by atoms with E-state index in [4.69, 9.17) is 16.3 Å². The maximum Gasteiger partial charge on any atom is 0.410 e. The summed E-state index contributed by atoms with van der Waals surface area (Å²) in [6, 6.07) is 2.07. The fourth-order valence-electron chi connectivity index (χ4n) is 2.36. The van der Waals surface area contributed by atoms with Gasteiger partial charge in [0.05, 0.1) is 16.7 Å². The van der Waals surface area contributed by atoms with Crippen molar-refractivity contribution in [3.63, 3.8) is 0 Å². The van der Waals surface area contributed by atoms with Crippen molar-refractivity contribution >= 4 is 29.1 Å². The molecule has 1 aromatic carbocycles. The molecule has 132 valence electrons. The number of rotatable bonds is 2. The molecule has 1 aliphatic rings. The number of nitro groups is 1. The van der Waals surface area contributed by atoms with E-state index in [2.05, 4.69) is 0 Å². The predicted molar refractivity (Wildman–Crippen MR) is 88.1 cm³/mol. The smallest absolute Gasteiger partial charge is 0.410 e. The highest BCUT2D eigenvalue weighted by molar-refractivity contribution is 6.32. The Labute approximate surface area is 144 Å². The highest BCUT2D eigenvalue weighted by Crippen LogP contribution is 2.32. The van der Waals surface area contributed by atoms with Crippen LogP contribution in [0.2, 0.25) is 5.02 Å². The van der Waals surface area contributed by atoms with Crippen molar-refractivity contribution in [1.29, 1.82) is 0 Å². The minimum Gasteiger partial charge on any atom is -0.444 e. The van der Waals surface area contributed by atoms with Crippen molar-refractivity contribution in [2.24, 2.45) is 0 Å². The van der Waals surface area contributed by atoms with Gasteiger partial charge in [-0.2, -0.15) is 0 Å². The number of anilines is 1. The summed E-state index contributed by atoms with van der Waals surface area (Å²) in [6.07, 6.45) is -0.413. The number of carbonyl (C=O) groups excluding carboxylic acids is 1. The standard InChI is InChI=1S/C15H19ClFN3O4/c1-15(2,3)24-14(21)19-6-4-18(5-7-19)13-8-10(16)12(20(22)23)9-11(13)17/h8-9H,4-7H2,1-3H3. The Morgan fingerprint density at radius 2 is 1.88 bits per heavy atom. The van der Waals surface area contributed by atoms with Gasteiger partial charge in [-0.25, -0.2) is 9.18 Å². The molecule has 24 heavy (non-hydrogen) atoms. The summed E-state index contributed by atoms with van der Waals surface area (Å²) in [5, 5.41) is 10.7. The number of nitrogens with zero attached hydrogens (tertiary/aromatic N) is 3. The summed E-state index contributed by atoms with van der Waals surface area (Å²) in [6.45, 7) is 6.85. The van der Waals surface area contributed by atoms with Crippen LogP contribution in [0.3, 0.4) is 0 Å². The molecule has 2 rings (SSSR count). The van der Waals surface area contributed by atoms with E-state index < -0.39 is 28.1 Å². The third-order valence-electron chi connectivity index (χ3n) is 3.49. The van der Waals surface area contributed by atoms with Crippen LogP contribution in [0.25, 0.3) is 0 Å². The second kappa shape index (κ2) is 6.80. The highest BCUT2D eigenvalue weighted by Gasteiger charge is 2.28. The van der Waals surface area contributed by atoms with Crippen LogP contribution in [0.15, 0.2) is 12.1 Å². The number of carbonyl (C=O) groups is 1. The van der Waals surface area contributed by atoms with E-state index in [9.17, 15) is 19.3 Å². The van der Waals surface area contributed by atoms with Gasteiger partial charge < -0.3 is 14.5 Å². The lowest BCUT2D eigenvalue weighted by atomic mass is 10.2. The van der Waals surface area contributed by atoms with Crippen LogP contribution < -0.4 is 4.90 Å². The van der Waals surface area contributed by atoms with Crippen molar-refractivity contribution in [2.75, 3.05) is 31.1 Å². The average molecular weight is 360 g/mol. The Kier molecular flexibility index (Phi) is 5.17. The molecule has 1 fully saturated rings. The number of piperazine rings is 1. The third kappa shape index (κ3) is 4.25. The van der Waals surface area contributed by atoms with E-state index in [1.807, 2.05) is 0 Å². The zero-order valence-electron chi connectivity index (χ0n) is 13.7. The van der Waals surface area contributed by atoms with Crippen molar-refractivity contribution in [3.8, 4) is 0 Å². The first kappa shape index (κ1) is 18.3. The van der Waals surface area contributed by atoms with Gasteiger partial charge in [0.1, 0.15) is 10.6 Å². The number of benzene rings is 1. The molecule has 0 aliphatic carbocycles. The predicted octanol–water partition coefficient (Wildman–Crippen LogP) is 3.44. The molecule has 1 amide bonds. The minimum absolute atomic E-state index is 0.119. The summed E-state index contributed by atoms with van der Waals surface area (Å²) >= 11 is 5.85. The lowest BCUT2D eigenvalue weighted by Crippen LogP contribution is -2.50. The van der Waals surface area contributed by atoms with Crippen molar-refractivity contribution < 1.29 is 18.8 Å². The number of ether oxygens (including phenoxy) is 1. The van der Waals surface area contributed by atoms with Crippen molar-refractivity contribution in [3.05, 3.63) is 33.1 Å². The average Bonchev–Trinajstić information content (AvgIpc) is 2.47. The molecule has 1 saturated heterocycles. The number of amides is 1. The van der Waals surface area contributed by atoms with Crippen LogP contribution in [0.1, 0.15) is 20.8 Å². The SMILES string of the molecule is CC(C)(C)OC(=O)N1CCN(c2cc(Cl)c([N+](=O)[O-])cc2F)CC1. The van der Waals surface area contributed by atoms with Crippen LogP contribution in [0.4, 0.5) is 20.6 Å². The van der Waals surface area contributed by atoms with Crippen LogP contribution in [0.5, 0.6) is 0 Å². The van der Waals surface area contributed by atoms with Crippen molar-refractivity contribution in [2.45, 2.75) is 26.4 Å². The molecule has 0 bridgehead atoms. The van der Waals surface area contributed by atoms with Gasteiger partial charge in [-0.15, -0.1) is 0 Å². The van der Waals surface area contributed by atoms with E-state index >= 15 is 0 Å². The minimum atomic E-state index is -0.727. The fourth-order valence-corrected chi connectivity index (χ4v) is 2.59. The zero-order chi connectivity index (χ0) is 18.1. The molecular weight excluding hydrogens is 341 g/mol. The Hall–Kier alpha value is -2.09. The van der Waals surface area contributed by atoms with Gasteiger partial charge in [-0.1, -0.05) is 11.6 Å². The van der Waals surface area contributed by atoms with E-state index in [1.165, 1.54) is 6.07 Å². The summed E-state index contributed by atoms with van der Waals surface area (Å²) in [5.74, 6) is -0.711. The molecule has 0 spiro atoms. The second-order valence-electron chi connectivity index (χ2n) is 6.47.